The van der Waals surface area contributed by atoms with E-state index in [1.807, 2.05) is 6.92 Å². The van der Waals surface area contributed by atoms with Crippen LogP contribution in [0.15, 0.2) is 11.6 Å². The van der Waals surface area contributed by atoms with Crippen LogP contribution in [0.5, 0.6) is 0 Å². The van der Waals surface area contributed by atoms with Crippen molar-refractivity contribution in [3.63, 3.8) is 0 Å². The first-order valence-electron chi connectivity index (χ1n) is 17.6. The Morgan fingerprint density at radius 2 is 1.31 bits per heavy atom. The lowest BCUT2D eigenvalue weighted by molar-refractivity contribution is -0.139. The first-order valence-corrected chi connectivity index (χ1v) is 17.6. The molecule has 0 radical (unpaired) electrons. The molecule has 42 heavy (non-hydrogen) atoms. The Balaban J connectivity index is 1.41. The molecule has 1 saturated heterocycles. The van der Waals surface area contributed by atoms with Crippen LogP contribution in [0, 0.1) is 0 Å². The van der Waals surface area contributed by atoms with Crippen LogP contribution in [0.4, 0.5) is 0 Å². The number of esters is 1. The summed E-state index contributed by atoms with van der Waals surface area (Å²) in [4.78, 5) is 11.7. The fourth-order valence-corrected chi connectivity index (χ4v) is 6.40. The van der Waals surface area contributed by atoms with Gasteiger partial charge in [0.05, 0.1) is 36.6 Å². The fraction of sp³-hybridized carbons (Fsp3) is 0.914. The summed E-state index contributed by atoms with van der Waals surface area (Å²) < 4.78 is 11.2. The van der Waals surface area contributed by atoms with Crippen molar-refractivity contribution >= 4 is 5.97 Å². The summed E-state index contributed by atoms with van der Waals surface area (Å²) in [7, 11) is 0. The smallest absolute Gasteiger partial charge is 0.334 e. The van der Waals surface area contributed by atoms with E-state index >= 15 is 0 Å². The molecule has 0 bridgehead atoms. The number of aliphatic hydroxyl groups excluding tert-OH is 4. The number of carbonyl (C=O) groups is 1. The highest BCUT2D eigenvalue weighted by atomic mass is 16.5. The normalized spacial score (nSPS) is 23.5. The van der Waals surface area contributed by atoms with Gasteiger partial charge < -0.3 is 29.9 Å². The summed E-state index contributed by atoms with van der Waals surface area (Å²) in [5.41, 5.74) is 0.606. The second kappa shape index (κ2) is 22.5. The number of unbranched alkanes of at least 4 members (excludes halogenated alkanes) is 13. The Hall–Kier alpha value is -0.990. The standard InChI is InChI=1S/C35H64O7/c1-3-4-5-6-7-8-9-14-17-20-31(37)32(38)22-23-33(39)34-24-21-30(42-34)19-16-13-11-10-12-15-18-29(36)26-28-25-27(2)41-35(28)40/h25,27,29-34,36-39H,3-24,26H2,1-2H3/t27-,29-,30-,31+,32+,33+,34+/m0/s1. The van der Waals surface area contributed by atoms with Crippen LogP contribution in [-0.2, 0) is 14.3 Å². The van der Waals surface area contributed by atoms with Gasteiger partial charge >= 0.3 is 5.97 Å². The van der Waals surface area contributed by atoms with Crippen LogP contribution in [0.3, 0.4) is 0 Å². The summed E-state index contributed by atoms with van der Waals surface area (Å²) in [6, 6.07) is 0. The lowest BCUT2D eigenvalue weighted by Crippen LogP contribution is -2.31. The SMILES string of the molecule is CCCCCCCCCCC[C@@H](O)[C@H](O)CC[C@@H](O)[C@H]1CC[C@H](CCCCCCCC[C@H](O)CC2=C[C@H](C)OC2=O)O1. The van der Waals surface area contributed by atoms with Crippen molar-refractivity contribution in [2.45, 2.75) is 204 Å². The zero-order valence-corrected chi connectivity index (χ0v) is 26.9. The Morgan fingerprint density at radius 3 is 1.93 bits per heavy atom. The van der Waals surface area contributed by atoms with Gasteiger partial charge in [0.2, 0.25) is 0 Å². The maximum absolute atomic E-state index is 11.7. The largest absolute Gasteiger partial charge is 0.455 e. The minimum Gasteiger partial charge on any atom is -0.455 e. The Kier molecular flexibility index (Phi) is 19.9. The number of hydrogen-bond acceptors (Lipinski definition) is 7. The number of rotatable bonds is 26. The Labute approximate surface area is 256 Å². The molecule has 7 heteroatoms. The summed E-state index contributed by atoms with van der Waals surface area (Å²) in [5.74, 6) is -0.290. The summed E-state index contributed by atoms with van der Waals surface area (Å²) in [6.07, 6.45) is 22.4. The van der Waals surface area contributed by atoms with Gasteiger partial charge in [0, 0.05) is 12.0 Å². The minimum atomic E-state index is -0.776. The molecule has 2 heterocycles. The molecule has 7 atom stereocenters. The number of aliphatic hydroxyl groups is 4. The molecule has 1 fully saturated rings. The third kappa shape index (κ3) is 16.2. The lowest BCUT2D eigenvalue weighted by atomic mass is 9.97. The molecule has 0 aliphatic carbocycles. The topological polar surface area (TPSA) is 116 Å². The monoisotopic (exact) mass is 596 g/mol. The highest BCUT2D eigenvalue weighted by Crippen LogP contribution is 2.28. The van der Waals surface area contributed by atoms with E-state index in [0.717, 1.165) is 64.2 Å². The van der Waals surface area contributed by atoms with E-state index in [4.69, 9.17) is 9.47 Å². The van der Waals surface area contributed by atoms with E-state index in [1.54, 1.807) is 6.08 Å². The maximum Gasteiger partial charge on any atom is 0.334 e. The molecular formula is C35H64O7. The predicted molar refractivity (Wildman–Crippen MR) is 168 cm³/mol. The first-order chi connectivity index (χ1) is 20.3. The minimum absolute atomic E-state index is 0.159. The molecule has 4 N–H and O–H groups in total. The Morgan fingerprint density at radius 1 is 0.738 bits per heavy atom. The summed E-state index contributed by atoms with van der Waals surface area (Å²) >= 11 is 0. The third-order valence-electron chi connectivity index (χ3n) is 9.14. The molecule has 7 nitrogen and oxygen atoms in total. The van der Waals surface area contributed by atoms with Crippen molar-refractivity contribution in [3.8, 4) is 0 Å². The van der Waals surface area contributed by atoms with E-state index in [-0.39, 0.29) is 24.3 Å². The van der Waals surface area contributed by atoms with Crippen molar-refractivity contribution in [3.05, 3.63) is 11.6 Å². The number of carbonyl (C=O) groups excluding carboxylic acids is 1. The molecule has 0 unspecified atom stereocenters. The summed E-state index contributed by atoms with van der Waals surface area (Å²) in [6.45, 7) is 4.07. The van der Waals surface area contributed by atoms with Gasteiger partial charge in [-0.15, -0.1) is 0 Å². The zero-order valence-electron chi connectivity index (χ0n) is 26.9. The van der Waals surface area contributed by atoms with Gasteiger partial charge in [0.25, 0.3) is 0 Å². The molecule has 0 amide bonds. The number of hydrogen-bond donors (Lipinski definition) is 4. The molecule has 2 rings (SSSR count). The Bertz CT molecular complexity index is 726. The van der Waals surface area contributed by atoms with Gasteiger partial charge in [-0.05, 0) is 57.9 Å². The van der Waals surface area contributed by atoms with Crippen LogP contribution < -0.4 is 0 Å². The van der Waals surface area contributed by atoms with Gasteiger partial charge in [-0.2, -0.15) is 0 Å². The highest BCUT2D eigenvalue weighted by molar-refractivity contribution is 5.90. The van der Waals surface area contributed by atoms with E-state index in [2.05, 4.69) is 6.92 Å². The van der Waals surface area contributed by atoms with E-state index in [1.165, 1.54) is 51.4 Å². The van der Waals surface area contributed by atoms with Gasteiger partial charge in [-0.1, -0.05) is 103 Å². The van der Waals surface area contributed by atoms with E-state index in [9.17, 15) is 25.2 Å². The molecule has 0 aromatic carbocycles. The number of cyclic esters (lactones) is 1. The number of ether oxygens (including phenoxy) is 2. The van der Waals surface area contributed by atoms with Crippen molar-refractivity contribution < 1.29 is 34.7 Å². The van der Waals surface area contributed by atoms with Crippen LogP contribution in [0.25, 0.3) is 0 Å². The van der Waals surface area contributed by atoms with Gasteiger partial charge in [0.15, 0.2) is 0 Å². The molecule has 2 aliphatic rings. The second-order valence-corrected chi connectivity index (χ2v) is 13.1. The lowest BCUT2D eigenvalue weighted by Gasteiger charge is -2.22. The molecular weight excluding hydrogens is 532 g/mol. The molecule has 0 aromatic heterocycles. The molecule has 2 aliphatic heterocycles. The first kappa shape index (κ1) is 37.2. The second-order valence-electron chi connectivity index (χ2n) is 13.1. The fourth-order valence-electron chi connectivity index (χ4n) is 6.40. The molecule has 0 saturated carbocycles. The predicted octanol–water partition coefficient (Wildman–Crippen LogP) is 7.06. The van der Waals surface area contributed by atoms with Crippen molar-refractivity contribution in [2.75, 3.05) is 0 Å². The van der Waals surface area contributed by atoms with Crippen molar-refractivity contribution in [2.24, 2.45) is 0 Å². The maximum atomic E-state index is 11.7. The van der Waals surface area contributed by atoms with Gasteiger partial charge in [0.1, 0.15) is 6.10 Å². The highest BCUT2D eigenvalue weighted by Gasteiger charge is 2.31. The quantitative estimate of drug-likeness (QED) is 0.0624. The van der Waals surface area contributed by atoms with Gasteiger partial charge in [-0.3, -0.25) is 0 Å². The van der Waals surface area contributed by atoms with Crippen LogP contribution >= 0.6 is 0 Å². The van der Waals surface area contributed by atoms with Crippen molar-refractivity contribution in [1.29, 1.82) is 0 Å². The van der Waals surface area contributed by atoms with E-state index < -0.39 is 24.4 Å². The summed E-state index contributed by atoms with van der Waals surface area (Å²) in [5, 5.41) is 41.5. The van der Waals surface area contributed by atoms with E-state index in [0.29, 0.717) is 37.7 Å². The average molecular weight is 597 g/mol. The third-order valence-corrected chi connectivity index (χ3v) is 9.14. The van der Waals surface area contributed by atoms with Gasteiger partial charge in [-0.25, -0.2) is 4.79 Å². The molecule has 246 valence electrons. The molecule has 0 aromatic rings. The van der Waals surface area contributed by atoms with Crippen LogP contribution in [0.2, 0.25) is 0 Å². The van der Waals surface area contributed by atoms with Crippen LogP contribution in [-0.4, -0.2) is 69.1 Å². The zero-order chi connectivity index (χ0) is 30.6. The van der Waals surface area contributed by atoms with Crippen molar-refractivity contribution in [1.82, 2.24) is 0 Å². The van der Waals surface area contributed by atoms with Crippen LogP contribution in [0.1, 0.15) is 162 Å². The average Bonchev–Trinajstić information content (AvgIpc) is 3.57. The molecule has 0 spiro atoms.